The van der Waals surface area contributed by atoms with Crippen LogP contribution in [0.25, 0.3) is 0 Å². The Morgan fingerprint density at radius 3 is 2.62 bits per heavy atom. The summed E-state index contributed by atoms with van der Waals surface area (Å²) in [6.07, 6.45) is 8.37. The molecular weight excluding hydrogens is 286 g/mol. The van der Waals surface area contributed by atoms with Crippen molar-refractivity contribution in [1.82, 2.24) is 5.32 Å². The summed E-state index contributed by atoms with van der Waals surface area (Å²) in [6, 6.07) is 0. The van der Waals surface area contributed by atoms with E-state index < -0.39 is 0 Å². The third-order valence-corrected chi connectivity index (χ3v) is 6.13. The molecule has 0 bridgehead atoms. The number of hydrogen-bond acceptors (Lipinski definition) is 2. The average Bonchev–Trinajstić information content (AvgIpc) is 2.84. The summed E-state index contributed by atoms with van der Waals surface area (Å²) in [6.45, 7) is 0. The zero-order valence-electron chi connectivity index (χ0n) is 9.64. The fraction of sp³-hybridized carbons (Fsp3) is 0.917. The van der Waals surface area contributed by atoms with Gasteiger partial charge in [-0.15, -0.1) is 11.8 Å². The minimum Gasteiger partial charge on any atom is -0.349 e. The summed E-state index contributed by atoms with van der Waals surface area (Å²) in [5.41, 5.74) is 0.0541. The van der Waals surface area contributed by atoms with E-state index in [9.17, 15) is 4.79 Å². The van der Waals surface area contributed by atoms with E-state index in [1.165, 1.54) is 25.7 Å². The number of alkyl halides is 1. The Kier molecular flexibility index (Phi) is 4.59. The van der Waals surface area contributed by atoms with Crippen molar-refractivity contribution in [2.24, 2.45) is 0 Å². The van der Waals surface area contributed by atoms with Crippen molar-refractivity contribution in [2.45, 2.75) is 55.7 Å². The first kappa shape index (κ1) is 12.7. The monoisotopic (exact) mass is 305 g/mol. The molecule has 2 fully saturated rings. The van der Waals surface area contributed by atoms with Gasteiger partial charge in [0.15, 0.2) is 0 Å². The van der Waals surface area contributed by atoms with Crippen LogP contribution in [-0.2, 0) is 4.79 Å². The number of amides is 1. The van der Waals surface area contributed by atoms with Crippen LogP contribution in [0, 0.1) is 0 Å². The van der Waals surface area contributed by atoms with E-state index in [2.05, 4.69) is 21.2 Å². The van der Waals surface area contributed by atoms with E-state index in [1.807, 2.05) is 11.8 Å². The average molecular weight is 306 g/mol. The normalized spacial score (nSPS) is 28.9. The van der Waals surface area contributed by atoms with Crippen LogP contribution in [0.1, 0.15) is 44.9 Å². The highest BCUT2D eigenvalue weighted by atomic mass is 79.9. The second-order valence-corrected chi connectivity index (χ2v) is 6.84. The molecule has 1 heterocycles. The Morgan fingerprint density at radius 1 is 1.31 bits per heavy atom. The van der Waals surface area contributed by atoms with E-state index >= 15 is 0 Å². The predicted molar refractivity (Wildman–Crippen MR) is 73.2 cm³/mol. The van der Waals surface area contributed by atoms with Crippen molar-refractivity contribution < 1.29 is 4.79 Å². The Hall–Kier alpha value is 0.300. The van der Waals surface area contributed by atoms with Gasteiger partial charge in [0.1, 0.15) is 0 Å². The van der Waals surface area contributed by atoms with Crippen LogP contribution >= 0.6 is 27.7 Å². The minimum absolute atomic E-state index is 0.0541. The standard InChI is InChI=1S/C12H20BrNOS/c13-9-12(6-2-1-3-7-12)14-11(15)10-5-4-8-16-10/h10H,1-9H2,(H,14,15). The number of hydrogen-bond donors (Lipinski definition) is 1. The fourth-order valence-corrected chi connectivity index (χ4v) is 4.51. The molecule has 92 valence electrons. The summed E-state index contributed by atoms with van der Waals surface area (Å²) < 4.78 is 0. The predicted octanol–water partition coefficient (Wildman–Crippen LogP) is 3.10. The number of rotatable bonds is 3. The SMILES string of the molecule is O=C(NC1(CBr)CCCCC1)C1CCCS1. The molecule has 0 spiro atoms. The summed E-state index contributed by atoms with van der Waals surface area (Å²) in [5, 5.41) is 4.44. The van der Waals surface area contributed by atoms with Crippen molar-refractivity contribution in [1.29, 1.82) is 0 Å². The lowest BCUT2D eigenvalue weighted by Crippen LogP contribution is -2.53. The van der Waals surface area contributed by atoms with Crippen LogP contribution in [0.2, 0.25) is 0 Å². The Labute approximate surface area is 110 Å². The van der Waals surface area contributed by atoms with Gasteiger partial charge >= 0.3 is 0 Å². The van der Waals surface area contributed by atoms with Crippen LogP contribution < -0.4 is 5.32 Å². The largest absolute Gasteiger partial charge is 0.349 e. The van der Waals surface area contributed by atoms with Crippen LogP contribution in [-0.4, -0.2) is 27.8 Å². The highest BCUT2D eigenvalue weighted by Gasteiger charge is 2.35. The van der Waals surface area contributed by atoms with E-state index in [4.69, 9.17) is 0 Å². The molecule has 0 radical (unpaired) electrons. The molecular formula is C12H20BrNOS. The quantitative estimate of drug-likeness (QED) is 0.812. The van der Waals surface area contributed by atoms with Crippen molar-refractivity contribution in [3.63, 3.8) is 0 Å². The Balaban J connectivity index is 1.91. The van der Waals surface area contributed by atoms with Gasteiger partial charge in [-0.1, -0.05) is 35.2 Å². The molecule has 1 aliphatic heterocycles. The zero-order chi connectivity index (χ0) is 11.4. The first-order chi connectivity index (χ1) is 7.76. The Morgan fingerprint density at radius 2 is 2.06 bits per heavy atom. The van der Waals surface area contributed by atoms with Crippen molar-refractivity contribution in [3.05, 3.63) is 0 Å². The molecule has 4 heteroatoms. The number of thioether (sulfide) groups is 1. The molecule has 1 aliphatic carbocycles. The molecule has 0 aromatic heterocycles. The van der Waals surface area contributed by atoms with Crippen molar-refractivity contribution >= 4 is 33.6 Å². The van der Waals surface area contributed by atoms with Gasteiger partial charge < -0.3 is 5.32 Å². The summed E-state index contributed by atoms with van der Waals surface area (Å²) in [5.74, 6) is 1.43. The fourth-order valence-electron chi connectivity index (χ4n) is 2.65. The highest BCUT2D eigenvalue weighted by Crippen LogP contribution is 2.32. The maximum absolute atomic E-state index is 12.1. The van der Waals surface area contributed by atoms with Crippen LogP contribution in [0.4, 0.5) is 0 Å². The molecule has 1 N–H and O–H groups in total. The summed E-state index contributed by atoms with van der Waals surface area (Å²) in [4.78, 5) is 12.1. The third kappa shape index (κ3) is 2.95. The first-order valence-electron chi connectivity index (χ1n) is 6.25. The summed E-state index contributed by atoms with van der Waals surface area (Å²) in [7, 11) is 0. The number of carbonyl (C=O) groups is 1. The highest BCUT2D eigenvalue weighted by molar-refractivity contribution is 9.09. The third-order valence-electron chi connectivity index (χ3n) is 3.68. The van der Waals surface area contributed by atoms with E-state index in [0.717, 1.165) is 30.3 Å². The van der Waals surface area contributed by atoms with Gasteiger partial charge in [0.05, 0.1) is 5.25 Å². The number of nitrogens with one attached hydrogen (secondary N) is 1. The summed E-state index contributed by atoms with van der Waals surface area (Å²) >= 11 is 5.40. The van der Waals surface area contributed by atoms with Crippen LogP contribution in [0.5, 0.6) is 0 Å². The minimum atomic E-state index is 0.0541. The molecule has 0 aromatic rings. The maximum atomic E-state index is 12.1. The Bertz CT molecular complexity index is 247. The topological polar surface area (TPSA) is 29.1 Å². The molecule has 1 amide bonds. The molecule has 16 heavy (non-hydrogen) atoms. The van der Waals surface area contributed by atoms with Gasteiger partial charge in [-0.25, -0.2) is 0 Å². The van der Waals surface area contributed by atoms with Gasteiger partial charge in [-0.3, -0.25) is 4.79 Å². The lowest BCUT2D eigenvalue weighted by atomic mass is 9.83. The van der Waals surface area contributed by atoms with E-state index in [-0.39, 0.29) is 16.7 Å². The molecule has 1 atom stereocenters. The van der Waals surface area contributed by atoms with Crippen LogP contribution in [0.15, 0.2) is 0 Å². The van der Waals surface area contributed by atoms with Gasteiger partial charge in [0.2, 0.25) is 5.91 Å². The second kappa shape index (κ2) is 5.76. The second-order valence-electron chi connectivity index (χ2n) is 4.97. The lowest BCUT2D eigenvalue weighted by molar-refractivity contribution is -0.122. The molecule has 2 rings (SSSR count). The molecule has 2 nitrogen and oxygen atoms in total. The number of halogens is 1. The van der Waals surface area contributed by atoms with Gasteiger partial charge in [0, 0.05) is 10.9 Å². The molecule has 1 unspecified atom stereocenters. The lowest BCUT2D eigenvalue weighted by Gasteiger charge is -2.37. The molecule has 1 saturated heterocycles. The van der Waals surface area contributed by atoms with Gasteiger partial charge in [0.25, 0.3) is 0 Å². The molecule has 1 saturated carbocycles. The van der Waals surface area contributed by atoms with Crippen molar-refractivity contribution in [2.75, 3.05) is 11.1 Å². The molecule has 0 aromatic carbocycles. The van der Waals surface area contributed by atoms with Gasteiger partial charge in [-0.2, -0.15) is 0 Å². The maximum Gasteiger partial charge on any atom is 0.233 e. The number of carbonyl (C=O) groups excluding carboxylic acids is 1. The van der Waals surface area contributed by atoms with Crippen LogP contribution in [0.3, 0.4) is 0 Å². The van der Waals surface area contributed by atoms with Gasteiger partial charge in [-0.05, 0) is 31.4 Å². The van der Waals surface area contributed by atoms with E-state index in [0.29, 0.717) is 0 Å². The smallest absolute Gasteiger partial charge is 0.233 e. The first-order valence-corrected chi connectivity index (χ1v) is 8.42. The molecule has 2 aliphatic rings. The zero-order valence-corrected chi connectivity index (χ0v) is 12.0. The van der Waals surface area contributed by atoms with Crippen molar-refractivity contribution in [3.8, 4) is 0 Å². The van der Waals surface area contributed by atoms with E-state index in [1.54, 1.807) is 0 Å².